The van der Waals surface area contributed by atoms with E-state index >= 15 is 0 Å². The summed E-state index contributed by atoms with van der Waals surface area (Å²) >= 11 is 0. The summed E-state index contributed by atoms with van der Waals surface area (Å²) in [6, 6.07) is 15.4. The van der Waals surface area contributed by atoms with Crippen molar-refractivity contribution in [2.24, 2.45) is 0 Å². The molecular formula is C27H32N2O5. The molecule has 0 aromatic heterocycles. The van der Waals surface area contributed by atoms with E-state index in [0.29, 0.717) is 24.9 Å². The molecule has 180 valence electrons. The number of anilines is 1. The number of carbonyl (C=O) groups excluding carboxylic acids is 3. The molecule has 1 saturated heterocycles. The van der Waals surface area contributed by atoms with E-state index in [1.165, 1.54) is 4.90 Å². The molecular weight excluding hydrogens is 432 g/mol. The van der Waals surface area contributed by atoms with Crippen LogP contribution in [0.2, 0.25) is 0 Å². The van der Waals surface area contributed by atoms with Crippen LogP contribution < -0.4 is 4.90 Å². The van der Waals surface area contributed by atoms with E-state index in [9.17, 15) is 14.4 Å². The number of amides is 2. The molecule has 0 bridgehead atoms. The van der Waals surface area contributed by atoms with Gasteiger partial charge in [0.15, 0.2) is 0 Å². The van der Waals surface area contributed by atoms with Crippen LogP contribution in [0.4, 0.5) is 10.5 Å². The topological polar surface area (TPSA) is 76.2 Å². The molecule has 7 heteroatoms. The standard InChI is InChI=1S/C27H32N2O5/c1-5-33-25(31)22-16-15-21(18-11-7-6-8-12-18)28(22)24(30)23-17-19-13-9-10-14-20(19)29(23)26(32)34-27(2,3)4/h6-14,21-23H,5,15-17H2,1-4H3/t21-,22+,23+/m0/s1. The minimum absolute atomic E-state index is 0.242. The summed E-state index contributed by atoms with van der Waals surface area (Å²) in [5.41, 5.74) is 1.81. The zero-order valence-electron chi connectivity index (χ0n) is 20.2. The van der Waals surface area contributed by atoms with Crippen LogP contribution in [-0.4, -0.2) is 47.2 Å². The van der Waals surface area contributed by atoms with E-state index in [1.54, 1.807) is 32.6 Å². The predicted molar refractivity (Wildman–Crippen MR) is 128 cm³/mol. The number of carbonyl (C=O) groups is 3. The Morgan fingerprint density at radius 1 is 0.941 bits per heavy atom. The number of benzene rings is 2. The zero-order chi connectivity index (χ0) is 24.5. The SMILES string of the molecule is CCOC(=O)[C@H]1CC[C@@H](c2ccccc2)N1C(=O)[C@H]1Cc2ccccc2N1C(=O)OC(C)(C)C. The van der Waals surface area contributed by atoms with Crippen LogP contribution in [-0.2, 0) is 25.5 Å². The highest BCUT2D eigenvalue weighted by molar-refractivity contribution is 6.02. The number of fused-ring (bicyclic) bond motifs is 1. The molecule has 4 rings (SSSR count). The van der Waals surface area contributed by atoms with Crippen molar-refractivity contribution in [2.45, 2.75) is 70.7 Å². The van der Waals surface area contributed by atoms with Gasteiger partial charge in [-0.05, 0) is 57.7 Å². The van der Waals surface area contributed by atoms with Crippen molar-refractivity contribution in [3.63, 3.8) is 0 Å². The molecule has 0 spiro atoms. The Morgan fingerprint density at radius 2 is 1.62 bits per heavy atom. The number of ether oxygens (including phenoxy) is 2. The molecule has 2 aromatic carbocycles. The molecule has 2 amide bonds. The van der Waals surface area contributed by atoms with Crippen molar-refractivity contribution in [2.75, 3.05) is 11.5 Å². The molecule has 0 aliphatic carbocycles. The Morgan fingerprint density at radius 3 is 2.29 bits per heavy atom. The van der Waals surface area contributed by atoms with E-state index < -0.39 is 29.7 Å². The summed E-state index contributed by atoms with van der Waals surface area (Å²) < 4.78 is 11.0. The van der Waals surface area contributed by atoms with Crippen molar-refractivity contribution < 1.29 is 23.9 Å². The number of hydrogen-bond acceptors (Lipinski definition) is 5. The lowest BCUT2D eigenvalue weighted by Crippen LogP contribution is -2.54. The molecule has 2 heterocycles. The molecule has 2 aromatic rings. The summed E-state index contributed by atoms with van der Waals surface area (Å²) in [4.78, 5) is 43.4. The van der Waals surface area contributed by atoms with Gasteiger partial charge in [-0.3, -0.25) is 9.69 Å². The van der Waals surface area contributed by atoms with Gasteiger partial charge in [0.25, 0.3) is 0 Å². The summed E-state index contributed by atoms with van der Waals surface area (Å²) in [7, 11) is 0. The Kier molecular flexibility index (Phi) is 6.64. The van der Waals surface area contributed by atoms with Crippen LogP contribution in [0.1, 0.15) is 57.7 Å². The van der Waals surface area contributed by atoms with E-state index in [0.717, 1.165) is 11.1 Å². The second-order valence-electron chi connectivity index (χ2n) is 9.72. The van der Waals surface area contributed by atoms with Crippen LogP contribution in [0.15, 0.2) is 54.6 Å². The fourth-order valence-corrected chi connectivity index (χ4v) is 4.88. The number of rotatable bonds is 4. The monoisotopic (exact) mass is 464 g/mol. The fraction of sp³-hybridized carbons (Fsp3) is 0.444. The molecule has 1 fully saturated rings. The molecule has 3 atom stereocenters. The van der Waals surface area contributed by atoms with Gasteiger partial charge in [-0.15, -0.1) is 0 Å². The largest absolute Gasteiger partial charge is 0.464 e. The van der Waals surface area contributed by atoms with Crippen molar-refractivity contribution in [3.8, 4) is 0 Å². The van der Waals surface area contributed by atoms with Gasteiger partial charge in [-0.25, -0.2) is 9.59 Å². The highest BCUT2D eigenvalue weighted by Gasteiger charge is 2.49. The smallest absolute Gasteiger partial charge is 0.415 e. The molecule has 0 N–H and O–H groups in total. The normalized spacial score (nSPS) is 21.8. The maximum atomic E-state index is 14.2. The Hall–Kier alpha value is -3.35. The average Bonchev–Trinajstić information content (AvgIpc) is 3.40. The number of nitrogens with zero attached hydrogens (tertiary/aromatic N) is 2. The Balaban J connectivity index is 1.72. The van der Waals surface area contributed by atoms with Gasteiger partial charge in [0.2, 0.25) is 5.91 Å². The minimum atomic E-state index is -0.798. The van der Waals surface area contributed by atoms with Crippen LogP contribution in [0.5, 0.6) is 0 Å². The highest BCUT2D eigenvalue weighted by atomic mass is 16.6. The van der Waals surface area contributed by atoms with Gasteiger partial charge in [0, 0.05) is 6.42 Å². The molecule has 0 radical (unpaired) electrons. The number of likely N-dealkylation sites (tertiary alicyclic amines) is 1. The third-order valence-corrected chi connectivity index (χ3v) is 6.23. The fourth-order valence-electron chi connectivity index (χ4n) is 4.88. The lowest BCUT2D eigenvalue weighted by molar-refractivity contribution is -0.154. The second-order valence-corrected chi connectivity index (χ2v) is 9.72. The van der Waals surface area contributed by atoms with Crippen LogP contribution in [0.25, 0.3) is 0 Å². The van der Waals surface area contributed by atoms with Crippen molar-refractivity contribution in [1.82, 2.24) is 4.90 Å². The second kappa shape index (κ2) is 9.49. The van der Waals surface area contributed by atoms with Crippen molar-refractivity contribution >= 4 is 23.7 Å². The Bertz CT molecular complexity index is 1060. The molecule has 2 aliphatic rings. The quantitative estimate of drug-likeness (QED) is 0.616. The summed E-state index contributed by atoms with van der Waals surface area (Å²) in [6.07, 6.45) is 0.947. The lowest BCUT2D eigenvalue weighted by Gasteiger charge is -2.35. The van der Waals surface area contributed by atoms with Gasteiger partial charge in [-0.2, -0.15) is 0 Å². The van der Waals surface area contributed by atoms with E-state index in [1.807, 2.05) is 54.6 Å². The minimum Gasteiger partial charge on any atom is -0.464 e. The van der Waals surface area contributed by atoms with E-state index in [2.05, 4.69) is 0 Å². The number of esters is 1. The number of para-hydroxylation sites is 1. The molecule has 2 aliphatic heterocycles. The average molecular weight is 465 g/mol. The van der Waals surface area contributed by atoms with Gasteiger partial charge < -0.3 is 14.4 Å². The first kappa shape index (κ1) is 23.8. The van der Waals surface area contributed by atoms with Gasteiger partial charge >= 0.3 is 12.1 Å². The maximum absolute atomic E-state index is 14.2. The first-order valence-corrected chi connectivity index (χ1v) is 11.8. The summed E-state index contributed by atoms with van der Waals surface area (Å²) in [5.74, 6) is -0.680. The van der Waals surface area contributed by atoms with Gasteiger partial charge in [0.1, 0.15) is 17.7 Å². The highest BCUT2D eigenvalue weighted by Crippen LogP contribution is 2.41. The van der Waals surface area contributed by atoms with Gasteiger partial charge in [0.05, 0.1) is 18.3 Å². The van der Waals surface area contributed by atoms with E-state index in [4.69, 9.17) is 9.47 Å². The lowest BCUT2D eigenvalue weighted by atomic mass is 10.0. The molecule has 0 unspecified atom stereocenters. The Labute approximate surface area is 200 Å². The van der Waals surface area contributed by atoms with E-state index in [-0.39, 0.29) is 18.6 Å². The molecule has 34 heavy (non-hydrogen) atoms. The predicted octanol–water partition coefficient (Wildman–Crippen LogP) is 4.65. The first-order valence-electron chi connectivity index (χ1n) is 11.8. The third kappa shape index (κ3) is 4.65. The maximum Gasteiger partial charge on any atom is 0.415 e. The third-order valence-electron chi connectivity index (χ3n) is 6.23. The van der Waals surface area contributed by atoms with Crippen LogP contribution in [0.3, 0.4) is 0 Å². The van der Waals surface area contributed by atoms with Crippen molar-refractivity contribution in [3.05, 3.63) is 65.7 Å². The van der Waals surface area contributed by atoms with Crippen LogP contribution in [0, 0.1) is 0 Å². The number of hydrogen-bond donors (Lipinski definition) is 0. The summed E-state index contributed by atoms with van der Waals surface area (Å²) in [5, 5.41) is 0. The van der Waals surface area contributed by atoms with Crippen molar-refractivity contribution in [1.29, 1.82) is 0 Å². The molecule has 7 nitrogen and oxygen atoms in total. The zero-order valence-corrected chi connectivity index (χ0v) is 20.2. The first-order chi connectivity index (χ1) is 16.2. The van der Waals surface area contributed by atoms with Crippen LogP contribution >= 0.6 is 0 Å². The molecule has 0 saturated carbocycles. The summed E-state index contributed by atoms with van der Waals surface area (Å²) in [6.45, 7) is 7.39. The van der Waals surface area contributed by atoms with Gasteiger partial charge in [-0.1, -0.05) is 48.5 Å².